The third kappa shape index (κ3) is 3.78. The van der Waals surface area contributed by atoms with Gasteiger partial charge >= 0.3 is 5.97 Å². The van der Waals surface area contributed by atoms with Gasteiger partial charge in [-0.2, -0.15) is 0 Å². The molecule has 0 saturated heterocycles. The maximum absolute atomic E-state index is 12.9. The quantitative estimate of drug-likeness (QED) is 0.761. The van der Waals surface area contributed by atoms with Gasteiger partial charge in [-0.25, -0.2) is 4.79 Å². The Labute approximate surface area is 160 Å². The van der Waals surface area contributed by atoms with Gasteiger partial charge in [0.05, 0.1) is 0 Å². The highest BCUT2D eigenvalue weighted by Gasteiger charge is 2.34. The standard InChI is InChI=1S/C20H18N2O4S/c1-12-8-9-14(10-15(12)21-26)19(23)22(2)16-11-17(27-18(16)20(24)25)13-6-4-3-5-7-13/h3-10,17H,11H2,1-2H3,(H,24,25). The molecule has 1 N–H and O–H groups in total. The van der Waals surface area contributed by atoms with Gasteiger partial charge in [-0.15, -0.1) is 16.7 Å². The highest BCUT2D eigenvalue weighted by Crippen LogP contribution is 2.48. The molecule has 1 aliphatic rings. The van der Waals surface area contributed by atoms with Gasteiger partial charge in [0.2, 0.25) is 0 Å². The predicted octanol–water partition coefficient (Wildman–Crippen LogP) is 4.64. The maximum Gasteiger partial charge on any atom is 0.343 e. The van der Waals surface area contributed by atoms with Crippen LogP contribution in [-0.4, -0.2) is 28.9 Å². The van der Waals surface area contributed by atoms with Crippen LogP contribution in [0, 0.1) is 11.8 Å². The molecule has 0 aromatic heterocycles. The van der Waals surface area contributed by atoms with Crippen LogP contribution in [0.4, 0.5) is 5.69 Å². The zero-order valence-electron chi connectivity index (χ0n) is 14.9. The molecular weight excluding hydrogens is 364 g/mol. The Morgan fingerprint density at radius 1 is 1.19 bits per heavy atom. The van der Waals surface area contributed by atoms with Gasteiger partial charge in [0.1, 0.15) is 10.6 Å². The average Bonchev–Trinajstić information content (AvgIpc) is 3.13. The first-order valence-electron chi connectivity index (χ1n) is 8.32. The Hall–Kier alpha value is -2.93. The van der Waals surface area contributed by atoms with Crippen LogP contribution in [0.25, 0.3) is 0 Å². The molecule has 0 bridgehead atoms. The third-order valence-electron chi connectivity index (χ3n) is 4.53. The largest absolute Gasteiger partial charge is 0.477 e. The summed E-state index contributed by atoms with van der Waals surface area (Å²) in [5.41, 5.74) is 2.65. The van der Waals surface area contributed by atoms with Gasteiger partial charge in [0.25, 0.3) is 5.91 Å². The van der Waals surface area contributed by atoms with E-state index in [1.54, 1.807) is 26.1 Å². The topological polar surface area (TPSA) is 87.0 Å². The lowest BCUT2D eigenvalue weighted by Crippen LogP contribution is -2.27. The molecule has 0 saturated carbocycles. The molecule has 1 amide bonds. The number of carboxylic acids is 1. The molecule has 2 aromatic rings. The van der Waals surface area contributed by atoms with E-state index >= 15 is 0 Å². The Balaban J connectivity index is 1.90. The number of amides is 1. The van der Waals surface area contributed by atoms with E-state index in [1.807, 2.05) is 30.3 Å². The first-order valence-corrected chi connectivity index (χ1v) is 9.20. The second kappa shape index (κ2) is 7.75. The minimum atomic E-state index is -1.05. The molecule has 138 valence electrons. The molecule has 0 aliphatic carbocycles. The summed E-state index contributed by atoms with van der Waals surface area (Å²) in [6.45, 7) is 1.73. The first kappa shape index (κ1) is 18.8. The van der Waals surface area contributed by atoms with Gasteiger partial charge in [-0.3, -0.25) is 4.79 Å². The molecule has 2 aromatic carbocycles. The van der Waals surface area contributed by atoms with E-state index in [2.05, 4.69) is 5.18 Å². The molecule has 1 atom stereocenters. The van der Waals surface area contributed by atoms with E-state index in [-0.39, 0.29) is 21.7 Å². The van der Waals surface area contributed by atoms with Crippen molar-refractivity contribution in [3.63, 3.8) is 0 Å². The van der Waals surface area contributed by atoms with Crippen molar-refractivity contribution < 1.29 is 14.7 Å². The highest BCUT2D eigenvalue weighted by atomic mass is 32.2. The number of nitrogens with zero attached hydrogens (tertiary/aromatic N) is 2. The number of benzene rings is 2. The molecule has 0 fully saturated rings. The number of rotatable bonds is 5. The van der Waals surface area contributed by atoms with Crippen LogP contribution in [-0.2, 0) is 4.79 Å². The summed E-state index contributed by atoms with van der Waals surface area (Å²) in [5, 5.41) is 12.5. The summed E-state index contributed by atoms with van der Waals surface area (Å²) < 4.78 is 0. The van der Waals surface area contributed by atoms with Crippen molar-refractivity contribution in [2.24, 2.45) is 5.18 Å². The number of aliphatic carboxylic acids is 1. The van der Waals surface area contributed by atoms with Crippen LogP contribution < -0.4 is 0 Å². The second-order valence-electron chi connectivity index (χ2n) is 6.26. The number of hydrogen-bond acceptors (Lipinski definition) is 5. The molecule has 0 spiro atoms. The van der Waals surface area contributed by atoms with Gasteiger partial charge in [0, 0.05) is 30.0 Å². The Bertz CT molecular complexity index is 940. The van der Waals surface area contributed by atoms with E-state index in [4.69, 9.17) is 0 Å². The Morgan fingerprint density at radius 3 is 2.52 bits per heavy atom. The normalized spacial score (nSPS) is 16.3. The number of carboxylic acid groups (broad SMARTS) is 1. The number of aryl methyl sites for hydroxylation is 1. The van der Waals surface area contributed by atoms with Crippen molar-refractivity contribution in [1.82, 2.24) is 4.90 Å². The highest BCUT2D eigenvalue weighted by molar-refractivity contribution is 8.04. The first-order chi connectivity index (χ1) is 12.9. The van der Waals surface area contributed by atoms with E-state index in [0.717, 1.165) is 5.56 Å². The Morgan fingerprint density at radius 2 is 1.89 bits per heavy atom. The van der Waals surface area contributed by atoms with Crippen LogP contribution in [0.5, 0.6) is 0 Å². The monoisotopic (exact) mass is 382 g/mol. The van der Waals surface area contributed by atoms with Crippen molar-refractivity contribution in [2.45, 2.75) is 18.6 Å². The van der Waals surface area contributed by atoms with Crippen LogP contribution in [0.1, 0.15) is 33.2 Å². The average molecular weight is 382 g/mol. The van der Waals surface area contributed by atoms with Crippen molar-refractivity contribution in [3.05, 3.63) is 80.7 Å². The molecule has 3 rings (SSSR count). The summed E-state index contributed by atoms with van der Waals surface area (Å²) in [5.74, 6) is -1.42. The van der Waals surface area contributed by atoms with Crippen LogP contribution in [0.2, 0.25) is 0 Å². The van der Waals surface area contributed by atoms with E-state index < -0.39 is 5.97 Å². The molecule has 1 heterocycles. The smallest absolute Gasteiger partial charge is 0.343 e. The van der Waals surface area contributed by atoms with Gasteiger partial charge in [0.15, 0.2) is 0 Å². The van der Waals surface area contributed by atoms with E-state index in [1.165, 1.54) is 22.7 Å². The van der Waals surface area contributed by atoms with Crippen LogP contribution in [0.3, 0.4) is 0 Å². The van der Waals surface area contributed by atoms with Gasteiger partial charge in [-0.1, -0.05) is 36.4 Å². The maximum atomic E-state index is 12.9. The van der Waals surface area contributed by atoms with Crippen molar-refractivity contribution in [1.29, 1.82) is 0 Å². The van der Waals surface area contributed by atoms with Crippen molar-refractivity contribution in [2.75, 3.05) is 7.05 Å². The number of nitroso groups, excluding NO2 is 1. The van der Waals surface area contributed by atoms with E-state index in [9.17, 15) is 19.6 Å². The molecule has 6 nitrogen and oxygen atoms in total. The lowest BCUT2D eigenvalue weighted by atomic mass is 10.1. The minimum absolute atomic E-state index is 0.0622. The van der Waals surface area contributed by atoms with Crippen LogP contribution >= 0.6 is 11.8 Å². The zero-order valence-corrected chi connectivity index (χ0v) is 15.7. The fourth-order valence-electron chi connectivity index (χ4n) is 2.99. The van der Waals surface area contributed by atoms with Crippen molar-refractivity contribution >= 4 is 29.3 Å². The van der Waals surface area contributed by atoms with E-state index in [0.29, 0.717) is 23.2 Å². The summed E-state index contributed by atoms with van der Waals surface area (Å²) >= 11 is 1.25. The summed E-state index contributed by atoms with van der Waals surface area (Å²) in [6, 6.07) is 14.3. The number of thioether (sulfide) groups is 1. The van der Waals surface area contributed by atoms with Crippen molar-refractivity contribution in [3.8, 4) is 0 Å². The summed E-state index contributed by atoms with van der Waals surface area (Å²) in [6.07, 6.45) is 0.434. The summed E-state index contributed by atoms with van der Waals surface area (Å²) in [7, 11) is 1.56. The second-order valence-corrected chi connectivity index (χ2v) is 7.47. The number of hydrogen-bond donors (Lipinski definition) is 1. The SMILES string of the molecule is Cc1ccc(C(=O)N(C)C2=C(C(=O)O)SC(c3ccccc3)C2)cc1N=O. The third-order valence-corrected chi connectivity index (χ3v) is 5.90. The van der Waals surface area contributed by atoms with Gasteiger partial charge < -0.3 is 10.0 Å². The fraction of sp³-hybridized carbons (Fsp3) is 0.200. The number of carbonyl (C=O) groups is 2. The molecule has 27 heavy (non-hydrogen) atoms. The van der Waals surface area contributed by atoms with Gasteiger partial charge in [-0.05, 0) is 35.4 Å². The molecule has 0 radical (unpaired) electrons. The Kier molecular flexibility index (Phi) is 5.41. The lowest BCUT2D eigenvalue weighted by molar-refractivity contribution is -0.131. The molecule has 1 unspecified atom stereocenters. The lowest BCUT2D eigenvalue weighted by Gasteiger charge is -2.20. The predicted molar refractivity (Wildman–Crippen MR) is 105 cm³/mol. The van der Waals surface area contributed by atoms with Crippen LogP contribution in [0.15, 0.2) is 64.3 Å². The fourth-order valence-corrected chi connectivity index (χ4v) is 4.27. The molecule has 1 aliphatic heterocycles. The number of allylic oxidation sites excluding steroid dienone is 1. The molecular formula is C20H18N2O4S. The minimum Gasteiger partial charge on any atom is -0.477 e. The zero-order chi connectivity index (χ0) is 19.6. The number of carbonyl (C=O) groups excluding carboxylic acids is 1. The molecule has 7 heteroatoms. The summed E-state index contributed by atoms with van der Waals surface area (Å²) in [4.78, 5) is 37.0.